The predicted octanol–water partition coefficient (Wildman–Crippen LogP) is 3.90. The van der Waals surface area contributed by atoms with Crippen LogP contribution in [-0.4, -0.2) is 17.1 Å². The van der Waals surface area contributed by atoms with Gasteiger partial charge in [0, 0.05) is 17.1 Å². The Morgan fingerprint density at radius 1 is 1.11 bits per heavy atom. The molecule has 0 bridgehead atoms. The molecule has 5 heteroatoms. The smallest absolute Gasteiger partial charge is 0.142 e. The van der Waals surface area contributed by atoms with E-state index in [4.69, 9.17) is 4.74 Å². The van der Waals surface area contributed by atoms with Gasteiger partial charge in [0.2, 0.25) is 0 Å². The number of hydrogen-bond acceptors (Lipinski definition) is 4. The van der Waals surface area contributed by atoms with Crippen LogP contribution in [0.5, 0.6) is 5.75 Å². The Hall–Kier alpha value is -1.46. The van der Waals surface area contributed by atoms with Crippen LogP contribution in [0, 0.1) is 0 Å². The number of benzene rings is 1. The highest BCUT2D eigenvalue weighted by atomic mass is 79.9. The molecule has 0 unspecified atom stereocenters. The van der Waals surface area contributed by atoms with Crippen LogP contribution >= 0.6 is 28.3 Å². The zero-order chi connectivity index (χ0) is 11.7. The Morgan fingerprint density at radius 3 is 2.56 bits per heavy atom. The standard InChI is InChI=1S/C13H10N2OS.BrH/c1-16-10-4-2-9(3-5-10)11-8-12-13(15-11)17-7-6-14-12;/h2-8H,1H3;1H. The fraction of sp³-hybridized carbons (Fsp3) is 0.0769. The minimum atomic E-state index is 0. The van der Waals surface area contributed by atoms with E-state index < -0.39 is 0 Å². The molecule has 0 spiro atoms. The third-order valence-electron chi connectivity index (χ3n) is 2.55. The van der Waals surface area contributed by atoms with Crippen molar-refractivity contribution in [2.24, 2.45) is 0 Å². The molecule has 2 aliphatic heterocycles. The molecule has 3 rings (SSSR count). The third-order valence-corrected chi connectivity index (χ3v) is 3.34. The fourth-order valence-electron chi connectivity index (χ4n) is 1.68. The Kier molecular flexibility index (Phi) is 3.93. The minimum Gasteiger partial charge on any atom is -0.497 e. The maximum atomic E-state index is 5.13. The van der Waals surface area contributed by atoms with E-state index in [-0.39, 0.29) is 17.0 Å². The van der Waals surface area contributed by atoms with Crippen molar-refractivity contribution in [3.05, 3.63) is 41.9 Å². The number of halogens is 1. The van der Waals surface area contributed by atoms with Crippen LogP contribution in [0.2, 0.25) is 0 Å². The quantitative estimate of drug-likeness (QED) is 0.717. The Balaban J connectivity index is 0.00000120. The molecule has 18 heavy (non-hydrogen) atoms. The van der Waals surface area contributed by atoms with Crippen LogP contribution in [0.4, 0.5) is 0 Å². The fourth-order valence-corrected chi connectivity index (χ4v) is 2.32. The van der Waals surface area contributed by atoms with Gasteiger partial charge in [-0.05, 0) is 30.3 Å². The van der Waals surface area contributed by atoms with Crippen molar-refractivity contribution >= 4 is 28.3 Å². The van der Waals surface area contributed by atoms with E-state index in [0.717, 1.165) is 27.7 Å². The van der Waals surface area contributed by atoms with E-state index in [2.05, 4.69) is 9.97 Å². The molecule has 0 atom stereocenters. The van der Waals surface area contributed by atoms with Crippen LogP contribution < -0.4 is 4.74 Å². The molecule has 0 saturated heterocycles. The second kappa shape index (κ2) is 5.46. The average molecular weight is 323 g/mol. The molecule has 1 aromatic carbocycles. The highest BCUT2D eigenvalue weighted by Gasteiger charge is 2.10. The number of methoxy groups -OCH3 is 1. The molecular weight excluding hydrogens is 312 g/mol. The predicted molar refractivity (Wildman–Crippen MR) is 78.8 cm³/mol. The topological polar surface area (TPSA) is 35.0 Å². The van der Waals surface area contributed by atoms with Crippen molar-refractivity contribution in [3.8, 4) is 27.7 Å². The second-order valence-electron chi connectivity index (χ2n) is 3.59. The van der Waals surface area contributed by atoms with E-state index in [9.17, 15) is 0 Å². The molecule has 2 aliphatic rings. The van der Waals surface area contributed by atoms with Crippen LogP contribution in [0.1, 0.15) is 0 Å². The van der Waals surface area contributed by atoms with Crippen LogP contribution in [-0.2, 0) is 0 Å². The highest BCUT2D eigenvalue weighted by Crippen LogP contribution is 2.29. The lowest BCUT2D eigenvalue weighted by Crippen LogP contribution is -1.82. The molecule has 0 N–H and O–H groups in total. The van der Waals surface area contributed by atoms with Crippen molar-refractivity contribution in [3.63, 3.8) is 0 Å². The van der Waals surface area contributed by atoms with Gasteiger partial charge < -0.3 is 4.74 Å². The first kappa shape index (κ1) is 13.0. The van der Waals surface area contributed by atoms with Gasteiger partial charge in [0.05, 0.1) is 12.8 Å². The second-order valence-corrected chi connectivity index (χ2v) is 4.49. The molecule has 0 aromatic heterocycles. The summed E-state index contributed by atoms with van der Waals surface area (Å²) in [5.41, 5.74) is 2.98. The molecule has 0 amide bonds. The summed E-state index contributed by atoms with van der Waals surface area (Å²) in [6, 6.07) is 9.89. The van der Waals surface area contributed by atoms with Gasteiger partial charge in [-0.2, -0.15) is 0 Å². The molecule has 0 radical (unpaired) electrons. The normalized spacial score (nSPS) is 10.1. The molecule has 0 saturated carbocycles. The first-order chi connectivity index (χ1) is 8.36. The molecule has 0 fully saturated rings. The van der Waals surface area contributed by atoms with E-state index >= 15 is 0 Å². The molecular formula is C13H11BrN2OS. The monoisotopic (exact) mass is 322 g/mol. The summed E-state index contributed by atoms with van der Waals surface area (Å²) in [5, 5.41) is 2.91. The lowest BCUT2D eigenvalue weighted by Gasteiger charge is -2.00. The summed E-state index contributed by atoms with van der Waals surface area (Å²) in [7, 11) is 1.66. The summed E-state index contributed by atoms with van der Waals surface area (Å²) in [6.07, 6.45) is 1.80. The van der Waals surface area contributed by atoms with Crippen LogP contribution in [0.25, 0.3) is 22.0 Å². The van der Waals surface area contributed by atoms with Gasteiger partial charge in [0.25, 0.3) is 0 Å². The largest absolute Gasteiger partial charge is 0.497 e. The van der Waals surface area contributed by atoms with E-state index in [0.29, 0.717) is 0 Å². The SMILES string of the molecule is Br.COc1ccc(-c2cc3nccsc-3n2)cc1. The Bertz CT molecular complexity index is 579. The van der Waals surface area contributed by atoms with E-state index in [1.807, 2.05) is 35.7 Å². The van der Waals surface area contributed by atoms with Gasteiger partial charge in [-0.1, -0.05) is 0 Å². The Labute approximate surface area is 120 Å². The van der Waals surface area contributed by atoms with Gasteiger partial charge in [0.1, 0.15) is 16.5 Å². The number of nitrogens with zero attached hydrogens (tertiary/aromatic N) is 2. The van der Waals surface area contributed by atoms with Crippen molar-refractivity contribution in [2.75, 3.05) is 7.11 Å². The highest BCUT2D eigenvalue weighted by molar-refractivity contribution is 8.93. The van der Waals surface area contributed by atoms with Crippen molar-refractivity contribution in [1.82, 2.24) is 9.97 Å². The summed E-state index contributed by atoms with van der Waals surface area (Å²) in [4.78, 5) is 8.84. The lowest BCUT2D eigenvalue weighted by molar-refractivity contribution is 0.415. The zero-order valence-corrected chi connectivity index (χ0v) is 12.2. The average Bonchev–Trinajstić information content (AvgIpc) is 2.82. The molecule has 3 nitrogen and oxygen atoms in total. The van der Waals surface area contributed by atoms with Crippen molar-refractivity contribution in [1.29, 1.82) is 0 Å². The molecule has 92 valence electrons. The molecule has 0 aliphatic carbocycles. The van der Waals surface area contributed by atoms with E-state index in [1.54, 1.807) is 24.6 Å². The van der Waals surface area contributed by atoms with Crippen molar-refractivity contribution in [2.45, 2.75) is 0 Å². The van der Waals surface area contributed by atoms with E-state index in [1.165, 1.54) is 0 Å². The van der Waals surface area contributed by atoms with Gasteiger partial charge >= 0.3 is 0 Å². The van der Waals surface area contributed by atoms with Gasteiger partial charge in [-0.25, -0.2) is 4.98 Å². The number of rotatable bonds is 2. The van der Waals surface area contributed by atoms with Crippen molar-refractivity contribution < 1.29 is 4.74 Å². The third kappa shape index (κ3) is 2.37. The maximum Gasteiger partial charge on any atom is 0.142 e. The number of ether oxygens (including phenoxy) is 1. The van der Waals surface area contributed by atoms with Crippen LogP contribution in [0.15, 0.2) is 41.9 Å². The molecule has 1 aromatic rings. The van der Waals surface area contributed by atoms with Gasteiger partial charge in [-0.15, -0.1) is 28.3 Å². The number of aromatic nitrogens is 2. The van der Waals surface area contributed by atoms with Gasteiger partial charge in [0.15, 0.2) is 0 Å². The minimum absolute atomic E-state index is 0. The molecule has 2 heterocycles. The number of fused-ring (bicyclic) bond motifs is 1. The van der Waals surface area contributed by atoms with Gasteiger partial charge in [-0.3, -0.25) is 4.98 Å². The first-order valence-corrected chi connectivity index (χ1v) is 6.09. The maximum absolute atomic E-state index is 5.13. The lowest BCUT2D eigenvalue weighted by atomic mass is 10.1. The van der Waals surface area contributed by atoms with Crippen LogP contribution in [0.3, 0.4) is 0 Å². The summed E-state index contributed by atoms with van der Waals surface area (Å²) >= 11 is 1.60. The summed E-state index contributed by atoms with van der Waals surface area (Å²) < 4.78 is 5.13. The Morgan fingerprint density at radius 2 is 1.89 bits per heavy atom. The number of hydrogen-bond donors (Lipinski definition) is 0. The summed E-state index contributed by atoms with van der Waals surface area (Å²) in [5.74, 6) is 0.853. The summed E-state index contributed by atoms with van der Waals surface area (Å²) in [6.45, 7) is 0. The zero-order valence-electron chi connectivity index (χ0n) is 9.66. The first-order valence-electron chi connectivity index (χ1n) is 5.21.